The van der Waals surface area contributed by atoms with Crippen LogP contribution in [0.2, 0.25) is 0 Å². The fraction of sp³-hybridized carbons (Fsp3) is 0.289. The molecule has 268 valence electrons. The Kier molecular flexibility index (Phi) is 11.2. The maximum absolute atomic E-state index is 13.9. The highest BCUT2D eigenvalue weighted by Gasteiger charge is 2.48. The molecule has 2 heterocycles. The van der Waals surface area contributed by atoms with Gasteiger partial charge in [0.25, 0.3) is 0 Å². The van der Waals surface area contributed by atoms with Crippen molar-refractivity contribution < 1.29 is 52.0 Å². The van der Waals surface area contributed by atoms with Gasteiger partial charge in [0.05, 0.1) is 25.6 Å². The van der Waals surface area contributed by atoms with Crippen LogP contribution >= 0.6 is 0 Å². The number of ether oxygens (including phenoxy) is 3. The first kappa shape index (κ1) is 36.7. The smallest absolute Gasteiger partial charge is 0.490 e. The number of amides is 1. The molecule has 4 aromatic rings. The van der Waals surface area contributed by atoms with E-state index in [1.165, 1.54) is 0 Å². The Balaban J connectivity index is 0.000000654. The van der Waals surface area contributed by atoms with Gasteiger partial charge < -0.3 is 29.7 Å². The zero-order chi connectivity index (χ0) is 36.9. The minimum Gasteiger partial charge on any atom is -0.497 e. The van der Waals surface area contributed by atoms with Gasteiger partial charge in [0, 0.05) is 18.5 Å². The number of hydrogen-bond donors (Lipinski definition) is 3. The van der Waals surface area contributed by atoms with Gasteiger partial charge in [-0.1, -0.05) is 72.3 Å². The number of halogens is 3. The Morgan fingerprint density at radius 2 is 1.55 bits per heavy atom. The quantitative estimate of drug-likeness (QED) is 0.180. The highest BCUT2D eigenvalue weighted by atomic mass is 19.4. The standard InChI is InChI=1S/C36H36N2O6.C2HF3O2/c1-22-9-10-23(2)28(17-22)34(24-7-5-4-6-8-24)37-32(39)20-38-19-29(26-13-16-30-31(18-26)44-21-43-30)33(36(40)41)35(38)25-11-14-27(42-3)15-12-25;3-2(4,5)1(6)7/h4-18,29,33-35H,19-21H2,1-3H3,(H,37,39)(H,40,41);(H,6,7)/t29-,33-,34?,35+;/m1./s1. The van der Waals surface area contributed by atoms with Crippen molar-refractivity contribution in [1.29, 1.82) is 0 Å². The fourth-order valence-electron chi connectivity index (χ4n) is 6.52. The molecular weight excluding hydrogens is 669 g/mol. The third kappa shape index (κ3) is 8.61. The van der Waals surface area contributed by atoms with Gasteiger partial charge in [-0.2, -0.15) is 13.2 Å². The van der Waals surface area contributed by atoms with Crippen LogP contribution in [0.5, 0.6) is 17.2 Å². The summed E-state index contributed by atoms with van der Waals surface area (Å²) in [4.78, 5) is 37.8. The van der Waals surface area contributed by atoms with Gasteiger partial charge in [0.1, 0.15) is 5.75 Å². The Labute approximate surface area is 292 Å². The molecule has 2 aliphatic heterocycles. The van der Waals surface area contributed by atoms with Crippen LogP contribution in [0.15, 0.2) is 91.0 Å². The molecule has 10 nitrogen and oxygen atoms in total. The van der Waals surface area contributed by atoms with E-state index in [4.69, 9.17) is 24.1 Å². The summed E-state index contributed by atoms with van der Waals surface area (Å²) in [7, 11) is 1.59. The molecule has 0 radical (unpaired) electrons. The molecular formula is C38H37F3N2O8. The highest BCUT2D eigenvalue weighted by molar-refractivity contribution is 5.80. The highest BCUT2D eigenvalue weighted by Crippen LogP contribution is 2.48. The number of nitrogens with one attached hydrogen (secondary N) is 1. The van der Waals surface area contributed by atoms with Crippen LogP contribution < -0.4 is 19.5 Å². The van der Waals surface area contributed by atoms with Gasteiger partial charge in [-0.3, -0.25) is 14.5 Å². The van der Waals surface area contributed by atoms with E-state index in [-0.39, 0.29) is 31.2 Å². The summed E-state index contributed by atoms with van der Waals surface area (Å²) in [6.45, 7) is 4.62. The van der Waals surface area contributed by atoms with Gasteiger partial charge in [0.15, 0.2) is 11.5 Å². The van der Waals surface area contributed by atoms with Crippen molar-refractivity contribution in [2.75, 3.05) is 27.0 Å². The Morgan fingerprint density at radius 3 is 2.18 bits per heavy atom. The lowest BCUT2D eigenvalue weighted by molar-refractivity contribution is -0.192. The van der Waals surface area contributed by atoms with Crippen LogP contribution in [0, 0.1) is 19.8 Å². The molecule has 1 fully saturated rings. The lowest BCUT2D eigenvalue weighted by Gasteiger charge is -2.28. The summed E-state index contributed by atoms with van der Waals surface area (Å²) in [5.74, 6) is -3.14. The van der Waals surface area contributed by atoms with Gasteiger partial charge >= 0.3 is 18.1 Å². The molecule has 3 N–H and O–H groups in total. The van der Waals surface area contributed by atoms with E-state index in [0.29, 0.717) is 23.8 Å². The van der Waals surface area contributed by atoms with Gasteiger partial charge in [-0.05, 0) is 65.9 Å². The van der Waals surface area contributed by atoms with E-state index in [2.05, 4.69) is 23.5 Å². The Morgan fingerprint density at radius 1 is 0.902 bits per heavy atom. The molecule has 0 saturated carbocycles. The first-order valence-electron chi connectivity index (χ1n) is 16.0. The summed E-state index contributed by atoms with van der Waals surface area (Å²) in [5.41, 5.74) is 5.83. The first-order valence-corrected chi connectivity index (χ1v) is 16.0. The molecule has 51 heavy (non-hydrogen) atoms. The fourth-order valence-corrected chi connectivity index (χ4v) is 6.52. The van der Waals surface area contributed by atoms with Crippen LogP contribution in [0.25, 0.3) is 0 Å². The average Bonchev–Trinajstić information content (AvgIpc) is 3.73. The van der Waals surface area contributed by atoms with Gasteiger partial charge in [0.2, 0.25) is 12.7 Å². The second-order valence-electron chi connectivity index (χ2n) is 12.3. The number of fused-ring (bicyclic) bond motifs is 1. The molecule has 1 unspecified atom stereocenters. The summed E-state index contributed by atoms with van der Waals surface area (Å²) in [6.07, 6.45) is -5.08. The van der Waals surface area contributed by atoms with Crippen LogP contribution in [-0.4, -0.2) is 66.1 Å². The Bertz CT molecular complexity index is 1870. The largest absolute Gasteiger partial charge is 0.497 e. The van der Waals surface area contributed by atoms with E-state index in [9.17, 15) is 27.9 Å². The van der Waals surface area contributed by atoms with E-state index in [0.717, 1.165) is 33.4 Å². The molecule has 13 heteroatoms. The summed E-state index contributed by atoms with van der Waals surface area (Å²) < 4.78 is 48.2. The maximum atomic E-state index is 13.9. The Hall–Kier alpha value is -5.56. The van der Waals surface area contributed by atoms with E-state index >= 15 is 0 Å². The SMILES string of the molecule is COc1ccc([C@H]2[C@H](C(=O)O)[C@@H](c3ccc4c(c3)OCO4)CN2CC(=O)NC(c2ccccc2)c2cc(C)ccc2C)cc1.O=C(O)C(F)(F)F. The number of carbonyl (C=O) groups is 3. The van der Waals surface area contributed by atoms with Crippen LogP contribution in [0.1, 0.15) is 51.4 Å². The van der Waals surface area contributed by atoms with Crippen molar-refractivity contribution in [2.24, 2.45) is 5.92 Å². The van der Waals surface area contributed by atoms with E-state index in [1.54, 1.807) is 7.11 Å². The number of rotatable bonds is 9. The summed E-state index contributed by atoms with van der Waals surface area (Å²) in [5, 5.41) is 21.0. The summed E-state index contributed by atoms with van der Waals surface area (Å²) >= 11 is 0. The number of methoxy groups -OCH3 is 1. The molecule has 0 aromatic heterocycles. The predicted octanol–water partition coefficient (Wildman–Crippen LogP) is 6.42. The number of carboxylic acid groups (broad SMARTS) is 2. The zero-order valence-corrected chi connectivity index (χ0v) is 28.0. The second kappa shape index (κ2) is 15.5. The number of benzene rings is 4. The van der Waals surface area contributed by atoms with E-state index < -0.39 is 30.1 Å². The predicted molar refractivity (Wildman–Crippen MR) is 180 cm³/mol. The monoisotopic (exact) mass is 706 g/mol. The molecule has 6 rings (SSSR count). The number of alkyl halides is 3. The van der Waals surface area contributed by atoms with Crippen LogP contribution in [-0.2, 0) is 14.4 Å². The number of likely N-dealkylation sites (tertiary alicyclic amines) is 1. The normalized spacial score (nSPS) is 18.7. The number of hydrogen-bond acceptors (Lipinski definition) is 7. The molecule has 0 aliphatic carbocycles. The second-order valence-corrected chi connectivity index (χ2v) is 12.3. The van der Waals surface area contributed by atoms with E-state index in [1.807, 2.05) is 91.5 Å². The molecule has 2 aliphatic rings. The minimum atomic E-state index is -5.08. The number of nitrogens with zero attached hydrogens (tertiary/aromatic N) is 1. The van der Waals surface area contributed by atoms with Crippen molar-refractivity contribution >= 4 is 17.8 Å². The zero-order valence-electron chi connectivity index (χ0n) is 28.0. The number of aliphatic carboxylic acids is 2. The average molecular weight is 707 g/mol. The van der Waals surface area contributed by atoms with Crippen molar-refractivity contribution in [3.05, 3.63) is 124 Å². The van der Waals surface area contributed by atoms with Crippen molar-refractivity contribution in [3.63, 3.8) is 0 Å². The van der Waals surface area contributed by atoms with Gasteiger partial charge in [-0.25, -0.2) is 4.79 Å². The van der Waals surface area contributed by atoms with Gasteiger partial charge in [-0.15, -0.1) is 0 Å². The maximum Gasteiger partial charge on any atom is 0.490 e. The topological polar surface area (TPSA) is 135 Å². The lowest BCUT2D eigenvalue weighted by atomic mass is 9.82. The molecule has 4 atom stereocenters. The van der Waals surface area contributed by atoms with Crippen LogP contribution in [0.4, 0.5) is 13.2 Å². The van der Waals surface area contributed by atoms with Crippen LogP contribution in [0.3, 0.4) is 0 Å². The number of carboxylic acids is 2. The number of carbonyl (C=O) groups excluding carboxylic acids is 1. The lowest BCUT2D eigenvalue weighted by Crippen LogP contribution is -2.40. The molecule has 0 bridgehead atoms. The molecule has 0 spiro atoms. The molecule has 4 aromatic carbocycles. The minimum absolute atomic E-state index is 0.0235. The third-order valence-electron chi connectivity index (χ3n) is 8.94. The first-order chi connectivity index (χ1) is 24.3. The summed E-state index contributed by atoms with van der Waals surface area (Å²) in [6, 6.07) is 28.3. The number of aryl methyl sites for hydroxylation is 2. The van der Waals surface area contributed by atoms with Crippen molar-refractivity contribution in [2.45, 2.75) is 38.0 Å². The molecule has 1 saturated heterocycles. The third-order valence-corrected chi connectivity index (χ3v) is 8.94. The van der Waals surface area contributed by atoms with Crippen molar-refractivity contribution in [1.82, 2.24) is 10.2 Å². The molecule has 1 amide bonds. The van der Waals surface area contributed by atoms with Crippen molar-refractivity contribution in [3.8, 4) is 17.2 Å².